The molecule has 2 rings (SSSR count). The summed E-state index contributed by atoms with van der Waals surface area (Å²) in [7, 11) is 0. The number of hydrogen-bond acceptors (Lipinski definition) is 2. The molecule has 2 nitrogen and oxygen atoms in total. The van der Waals surface area contributed by atoms with Gasteiger partial charge in [0.25, 0.3) is 0 Å². The van der Waals surface area contributed by atoms with E-state index in [2.05, 4.69) is 0 Å². The van der Waals surface area contributed by atoms with Crippen molar-refractivity contribution in [1.82, 2.24) is 0 Å². The van der Waals surface area contributed by atoms with Gasteiger partial charge in [-0.1, -0.05) is 6.42 Å². The normalized spacial score (nSPS) is 18.6. The lowest BCUT2D eigenvalue weighted by atomic mass is 9.64. The Hall–Kier alpha value is -1.09. The van der Waals surface area contributed by atoms with Crippen molar-refractivity contribution >= 4 is 0 Å². The highest BCUT2D eigenvalue weighted by Gasteiger charge is 2.39. The van der Waals surface area contributed by atoms with Gasteiger partial charge in [-0.3, -0.25) is 0 Å². The molecule has 0 spiro atoms. The fourth-order valence-electron chi connectivity index (χ4n) is 2.26. The Morgan fingerprint density at radius 3 is 2.60 bits per heavy atom. The van der Waals surface area contributed by atoms with E-state index in [0.29, 0.717) is 17.7 Å². The Balaban J connectivity index is 2.47. The summed E-state index contributed by atoms with van der Waals surface area (Å²) in [5.41, 5.74) is 6.94. The summed E-state index contributed by atoms with van der Waals surface area (Å²) in [5.74, 6) is -0.314. The molecule has 0 atom stereocenters. The summed E-state index contributed by atoms with van der Waals surface area (Å²) in [4.78, 5) is 0. The molecule has 15 heavy (non-hydrogen) atoms. The van der Waals surface area contributed by atoms with Gasteiger partial charge in [0.1, 0.15) is 11.6 Å². The Labute approximate surface area is 88.9 Å². The highest BCUT2D eigenvalue weighted by Crippen LogP contribution is 2.44. The summed E-state index contributed by atoms with van der Waals surface area (Å²) in [6.45, 7) is 2.26. The second kappa shape index (κ2) is 3.49. The molecular weight excluding hydrogens is 193 g/mol. The largest absolute Gasteiger partial charge is 0.508 e. The third-order valence-corrected chi connectivity index (χ3v) is 3.56. The number of hydrogen-bond donors (Lipinski definition) is 2. The average Bonchev–Trinajstić information content (AvgIpc) is 2.12. The SMILES string of the molecule is Cc1cc(C2(CN)CCC2)c(F)cc1O. The van der Waals surface area contributed by atoms with Gasteiger partial charge in [0.15, 0.2) is 0 Å². The number of nitrogens with two attached hydrogens (primary N) is 1. The third-order valence-electron chi connectivity index (χ3n) is 3.56. The van der Waals surface area contributed by atoms with E-state index < -0.39 is 0 Å². The predicted octanol–water partition coefficient (Wildman–Crippen LogP) is 2.22. The van der Waals surface area contributed by atoms with Crippen LogP contribution < -0.4 is 5.73 Å². The second-order valence-corrected chi connectivity index (χ2v) is 4.46. The average molecular weight is 209 g/mol. The van der Waals surface area contributed by atoms with E-state index in [9.17, 15) is 9.50 Å². The number of halogens is 1. The Kier molecular flexibility index (Phi) is 2.43. The minimum Gasteiger partial charge on any atom is -0.508 e. The smallest absolute Gasteiger partial charge is 0.130 e. The van der Waals surface area contributed by atoms with Crippen molar-refractivity contribution in [1.29, 1.82) is 0 Å². The van der Waals surface area contributed by atoms with E-state index in [-0.39, 0.29) is 17.0 Å². The Bertz CT molecular complexity index is 380. The van der Waals surface area contributed by atoms with Crippen LogP contribution in [0.1, 0.15) is 30.4 Å². The molecule has 0 amide bonds. The molecule has 3 N–H and O–H groups in total. The molecule has 3 heteroatoms. The molecule has 1 aromatic rings. The lowest BCUT2D eigenvalue weighted by Crippen LogP contribution is -2.42. The highest BCUT2D eigenvalue weighted by atomic mass is 19.1. The van der Waals surface area contributed by atoms with Crippen molar-refractivity contribution in [2.75, 3.05) is 6.54 Å². The van der Waals surface area contributed by atoms with Gasteiger partial charge >= 0.3 is 0 Å². The van der Waals surface area contributed by atoms with E-state index in [4.69, 9.17) is 5.73 Å². The van der Waals surface area contributed by atoms with Crippen LogP contribution in [0.25, 0.3) is 0 Å². The molecule has 1 fully saturated rings. The van der Waals surface area contributed by atoms with Gasteiger partial charge in [-0.2, -0.15) is 0 Å². The molecule has 0 aromatic heterocycles. The topological polar surface area (TPSA) is 46.2 Å². The summed E-state index contributed by atoms with van der Waals surface area (Å²) in [6, 6.07) is 2.93. The highest BCUT2D eigenvalue weighted by molar-refractivity contribution is 5.41. The fourth-order valence-corrected chi connectivity index (χ4v) is 2.26. The molecule has 1 aliphatic carbocycles. The van der Waals surface area contributed by atoms with Gasteiger partial charge < -0.3 is 10.8 Å². The van der Waals surface area contributed by atoms with Crippen LogP contribution in [0.3, 0.4) is 0 Å². The van der Waals surface area contributed by atoms with Gasteiger partial charge in [0, 0.05) is 18.0 Å². The van der Waals surface area contributed by atoms with E-state index in [1.807, 2.05) is 0 Å². The maximum Gasteiger partial charge on any atom is 0.130 e. The molecule has 1 aliphatic rings. The van der Waals surface area contributed by atoms with Gasteiger partial charge in [0.2, 0.25) is 0 Å². The van der Waals surface area contributed by atoms with E-state index in [1.165, 1.54) is 6.07 Å². The molecule has 0 heterocycles. The molecule has 1 aromatic carbocycles. The van der Waals surface area contributed by atoms with Crippen LogP contribution in [-0.4, -0.2) is 11.7 Å². The van der Waals surface area contributed by atoms with Crippen molar-refractivity contribution in [2.45, 2.75) is 31.6 Å². The van der Waals surface area contributed by atoms with Crippen molar-refractivity contribution in [3.8, 4) is 5.75 Å². The zero-order valence-electron chi connectivity index (χ0n) is 8.89. The van der Waals surface area contributed by atoms with Crippen LogP contribution in [0.4, 0.5) is 4.39 Å². The maximum absolute atomic E-state index is 13.7. The first-order valence-electron chi connectivity index (χ1n) is 5.29. The van der Waals surface area contributed by atoms with Crippen LogP contribution in [0, 0.1) is 12.7 Å². The van der Waals surface area contributed by atoms with Gasteiger partial charge in [0.05, 0.1) is 0 Å². The standard InChI is InChI=1S/C12H16FNO/c1-8-5-9(10(13)6-11(8)15)12(7-14)3-2-4-12/h5-6,15H,2-4,7,14H2,1H3. The zero-order chi connectivity index (χ0) is 11.1. The summed E-state index contributed by atoms with van der Waals surface area (Å²) in [6.07, 6.45) is 3.01. The fraction of sp³-hybridized carbons (Fsp3) is 0.500. The van der Waals surface area contributed by atoms with E-state index in [0.717, 1.165) is 19.3 Å². The van der Waals surface area contributed by atoms with Gasteiger partial charge in [-0.25, -0.2) is 4.39 Å². The Morgan fingerprint density at radius 1 is 1.47 bits per heavy atom. The lowest BCUT2D eigenvalue weighted by molar-refractivity contribution is 0.244. The molecule has 0 saturated heterocycles. The number of phenols is 1. The maximum atomic E-state index is 13.7. The van der Waals surface area contributed by atoms with Crippen molar-refractivity contribution in [2.24, 2.45) is 5.73 Å². The van der Waals surface area contributed by atoms with Crippen molar-refractivity contribution in [3.05, 3.63) is 29.1 Å². The quantitative estimate of drug-likeness (QED) is 0.784. The molecule has 0 aliphatic heterocycles. The van der Waals surface area contributed by atoms with Gasteiger partial charge in [-0.05, 0) is 37.0 Å². The molecule has 0 bridgehead atoms. The number of rotatable bonds is 2. The molecule has 0 unspecified atom stereocenters. The van der Waals surface area contributed by atoms with Crippen molar-refractivity contribution < 1.29 is 9.50 Å². The van der Waals surface area contributed by atoms with Gasteiger partial charge in [-0.15, -0.1) is 0 Å². The summed E-state index contributed by atoms with van der Waals surface area (Å²) < 4.78 is 13.7. The minimum atomic E-state index is -0.330. The van der Waals surface area contributed by atoms with Crippen LogP contribution in [-0.2, 0) is 5.41 Å². The first kappa shape index (κ1) is 10.4. The zero-order valence-corrected chi connectivity index (χ0v) is 8.89. The first-order chi connectivity index (χ1) is 7.09. The number of aromatic hydroxyl groups is 1. The van der Waals surface area contributed by atoms with E-state index >= 15 is 0 Å². The number of benzene rings is 1. The Morgan fingerprint density at radius 2 is 2.13 bits per heavy atom. The predicted molar refractivity (Wildman–Crippen MR) is 57.4 cm³/mol. The molecular formula is C12H16FNO. The first-order valence-corrected chi connectivity index (χ1v) is 5.29. The van der Waals surface area contributed by atoms with E-state index in [1.54, 1.807) is 13.0 Å². The third kappa shape index (κ3) is 1.51. The van der Waals surface area contributed by atoms with Crippen LogP contribution >= 0.6 is 0 Å². The van der Waals surface area contributed by atoms with Crippen molar-refractivity contribution in [3.63, 3.8) is 0 Å². The lowest BCUT2D eigenvalue weighted by Gasteiger charge is -2.41. The summed E-state index contributed by atoms with van der Waals surface area (Å²) >= 11 is 0. The molecule has 82 valence electrons. The second-order valence-electron chi connectivity index (χ2n) is 4.46. The number of aryl methyl sites for hydroxylation is 1. The number of phenolic OH excluding ortho intramolecular Hbond substituents is 1. The molecule has 0 radical (unpaired) electrons. The van der Waals surface area contributed by atoms with Crippen LogP contribution in [0.5, 0.6) is 5.75 Å². The van der Waals surface area contributed by atoms with Crippen LogP contribution in [0.15, 0.2) is 12.1 Å². The molecule has 1 saturated carbocycles. The van der Waals surface area contributed by atoms with Crippen LogP contribution in [0.2, 0.25) is 0 Å². The summed E-state index contributed by atoms with van der Waals surface area (Å²) in [5, 5.41) is 9.38. The monoisotopic (exact) mass is 209 g/mol. The minimum absolute atomic E-state index is 0.0164.